The van der Waals surface area contributed by atoms with Crippen molar-refractivity contribution in [1.82, 2.24) is 9.96 Å². The van der Waals surface area contributed by atoms with Gasteiger partial charge in [-0.3, -0.25) is 4.79 Å². The number of aryl methyl sites for hydroxylation is 1. The molecular weight excluding hydrogens is 625 g/mol. The molecule has 0 saturated carbocycles. The number of hydrogen-bond donors (Lipinski definition) is 0. The number of carbonyl (C=O) groups excluding carboxylic acids is 1. The van der Waals surface area contributed by atoms with Crippen LogP contribution in [0.25, 0.3) is 11.1 Å². The number of benzene rings is 2. The van der Waals surface area contributed by atoms with Crippen LogP contribution in [0.4, 0.5) is 0 Å². The monoisotopic (exact) mass is 702 g/mol. The molecule has 1 saturated heterocycles. The van der Waals surface area contributed by atoms with Gasteiger partial charge in [-0.1, -0.05) is 172 Å². The quantitative estimate of drug-likeness (QED) is 0.0916. The third-order valence-electron chi connectivity index (χ3n) is 11.5. The summed E-state index contributed by atoms with van der Waals surface area (Å²) in [6, 6.07) is 17.3. The van der Waals surface area contributed by atoms with Gasteiger partial charge in [-0.2, -0.15) is 0 Å². The van der Waals surface area contributed by atoms with E-state index in [0.717, 1.165) is 36.9 Å². The molecule has 1 aliphatic heterocycles. The Balaban J connectivity index is 1.49. The fourth-order valence-electron chi connectivity index (χ4n) is 8.48. The van der Waals surface area contributed by atoms with Gasteiger partial charge < -0.3 is 4.90 Å². The molecule has 3 rings (SSSR count). The minimum absolute atomic E-state index is 0.0539. The predicted molar refractivity (Wildman–Crippen MR) is 219 cm³/mol. The molecule has 2 aromatic rings. The molecule has 1 fully saturated rings. The molecule has 0 bridgehead atoms. The van der Waals surface area contributed by atoms with Crippen LogP contribution in [-0.4, -0.2) is 39.5 Å². The van der Waals surface area contributed by atoms with Crippen molar-refractivity contribution in [1.29, 1.82) is 0 Å². The molecule has 0 aromatic heterocycles. The number of hydrogen-bond acceptors (Lipinski definition) is 2. The minimum atomic E-state index is -0.509. The number of piperidine rings is 1. The topological polar surface area (TPSA) is 43.5 Å². The zero-order chi connectivity index (χ0) is 37.0. The Morgan fingerprint density at radius 2 is 0.941 bits per heavy atom. The zero-order valence-electron chi connectivity index (χ0n) is 34.1. The molecule has 287 valence electrons. The van der Waals surface area contributed by atoms with Crippen molar-refractivity contribution in [2.45, 2.75) is 213 Å². The summed E-state index contributed by atoms with van der Waals surface area (Å²) in [6.07, 6.45) is 30.5. The van der Waals surface area contributed by atoms with Crippen LogP contribution < -0.4 is 0 Å². The second kappa shape index (κ2) is 23.5. The van der Waals surface area contributed by atoms with Gasteiger partial charge in [0.2, 0.25) is 0 Å². The summed E-state index contributed by atoms with van der Waals surface area (Å²) in [7, 11) is 0. The molecule has 2 aromatic carbocycles. The largest absolute Gasteiger partial charge is 0.336 e. The van der Waals surface area contributed by atoms with E-state index in [1.807, 2.05) is 39.8 Å². The number of carbonyl (C=O) groups is 1. The highest BCUT2D eigenvalue weighted by Crippen LogP contribution is 2.39. The molecule has 4 nitrogen and oxygen atoms in total. The molecular formula is C47H77N2O2. The summed E-state index contributed by atoms with van der Waals surface area (Å²) < 4.78 is 0. The Bertz CT molecular complexity index is 1180. The summed E-state index contributed by atoms with van der Waals surface area (Å²) in [5.41, 5.74) is 3.48. The number of hydroxylamine groups is 2. The van der Waals surface area contributed by atoms with Crippen LogP contribution in [0.1, 0.15) is 205 Å². The molecule has 1 amide bonds. The van der Waals surface area contributed by atoms with Crippen molar-refractivity contribution < 1.29 is 10.0 Å². The molecule has 1 radical (unpaired) electrons. The van der Waals surface area contributed by atoms with E-state index in [0.29, 0.717) is 12.8 Å². The van der Waals surface area contributed by atoms with Crippen LogP contribution in [0.5, 0.6) is 0 Å². The highest BCUT2D eigenvalue weighted by Gasteiger charge is 2.48. The van der Waals surface area contributed by atoms with Gasteiger partial charge in [0.15, 0.2) is 0 Å². The molecule has 0 N–H and O–H groups in total. The lowest BCUT2D eigenvalue weighted by Gasteiger charge is -2.52. The van der Waals surface area contributed by atoms with Crippen molar-refractivity contribution in [3.05, 3.63) is 59.7 Å². The van der Waals surface area contributed by atoms with E-state index in [-0.39, 0.29) is 11.9 Å². The van der Waals surface area contributed by atoms with Crippen LogP contribution in [-0.2, 0) is 11.6 Å². The maximum atomic E-state index is 14.2. The highest BCUT2D eigenvalue weighted by atomic mass is 16.5. The number of rotatable bonds is 26. The Labute approximate surface area is 315 Å². The van der Waals surface area contributed by atoms with Gasteiger partial charge in [-0.05, 0) is 88.6 Å². The third-order valence-corrected chi connectivity index (χ3v) is 11.5. The van der Waals surface area contributed by atoms with E-state index < -0.39 is 11.1 Å². The maximum absolute atomic E-state index is 14.2. The van der Waals surface area contributed by atoms with E-state index in [1.165, 1.54) is 138 Å². The number of nitrogens with zero attached hydrogens (tertiary/aromatic N) is 2. The average Bonchev–Trinajstić information content (AvgIpc) is 3.11. The fraction of sp³-hybridized carbons (Fsp3) is 0.723. The molecule has 1 heterocycles. The lowest BCUT2D eigenvalue weighted by molar-refractivity contribution is -0.293. The molecule has 0 unspecified atom stereocenters. The maximum Gasteiger partial charge on any atom is 0.254 e. The van der Waals surface area contributed by atoms with E-state index in [1.54, 1.807) is 0 Å². The second-order valence-electron chi connectivity index (χ2n) is 17.2. The summed E-state index contributed by atoms with van der Waals surface area (Å²) in [4.78, 5) is 16.4. The van der Waals surface area contributed by atoms with Gasteiger partial charge in [-0.15, -0.1) is 10.3 Å². The van der Waals surface area contributed by atoms with Crippen molar-refractivity contribution in [3.8, 4) is 11.1 Å². The lowest BCUT2D eigenvalue weighted by atomic mass is 9.78. The van der Waals surface area contributed by atoms with Gasteiger partial charge in [0.25, 0.3) is 5.91 Å². The molecule has 4 heteroatoms. The lowest BCUT2D eigenvalue weighted by Crippen LogP contribution is -2.63. The van der Waals surface area contributed by atoms with Crippen molar-refractivity contribution >= 4 is 5.91 Å². The predicted octanol–water partition coefficient (Wildman–Crippen LogP) is 13.9. The Hall–Kier alpha value is -2.17. The van der Waals surface area contributed by atoms with Crippen molar-refractivity contribution in [2.24, 2.45) is 0 Å². The average molecular weight is 702 g/mol. The van der Waals surface area contributed by atoms with Crippen LogP contribution in [0.15, 0.2) is 48.5 Å². The highest BCUT2D eigenvalue weighted by molar-refractivity contribution is 5.95. The van der Waals surface area contributed by atoms with Gasteiger partial charge in [-0.25, -0.2) is 0 Å². The van der Waals surface area contributed by atoms with Crippen LogP contribution in [0.3, 0.4) is 0 Å². The van der Waals surface area contributed by atoms with Gasteiger partial charge in [0.1, 0.15) is 0 Å². The van der Waals surface area contributed by atoms with Gasteiger partial charge in [0, 0.05) is 29.2 Å². The van der Waals surface area contributed by atoms with Crippen LogP contribution in [0.2, 0.25) is 0 Å². The van der Waals surface area contributed by atoms with E-state index in [4.69, 9.17) is 0 Å². The standard InChI is InChI=1S/C47H77N2O2/c1-7-9-11-13-14-15-16-17-18-19-20-21-22-23-25-27-37-48(44-38-46(3,4)49(51)47(5,6)39-44)45(50)43-35-33-42(34-36-43)41-31-29-40(30-32-41)28-26-24-12-10-8-2/h29-36,44H,7-28,37-39H2,1-6H3. The fourth-order valence-corrected chi connectivity index (χ4v) is 8.48. The summed E-state index contributed by atoms with van der Waals surface area (Å²) in [6.45, 7) is 13.5. The minimum Gasteiger partial charge on any atom is -0.336 e. The molecule has 0 atom stereocenters. The zero-order valence-corrected chi connectivity index (χ0v) is 34.1. The van der Waals surface area contributed by atoms with E-state index in [2.05, 4.69) is 55.1 Å². The molecule has 0 spiro atoms. The first kappa shape index (κ1) is 43.2. The van der Waals surface area contributed by atoms with E-state index >= 15 is 0 Å². The molecule has 1 aliphatic rings. The Morgan fingerprint density at radius 1 is 0.569 bits per heavy atom. The smallest absolute Gasteiger partial charge is 0.254 e. The van der Waals surface area contributed by atoms with Crippen LogP contribution >= 0.6 is 0 Å². The third kappa shape index (κ3) is 15.4. The van der Waals surface area contributed by atoms with Crippen molar-refractivity contribution in [3.63, 3.8) is 0 Å². The van der Waals surface area contributed by atoms with Gasteiger partial charge >= 0.3 is 0 Å². The first-order valence-corrected chi connectivity index (χ1v) is 21.6. The Kier molecular flexibility index (Phi) is 19.9. The van der Waals surface area contributed by atoms with Crippen molar-refractivity contribution in [2.75, 3.05) is 6.54 Å². The number of unbranched alkanes of at least 4 members (excludes halogenated alkanes) is 19. The van der Waals surface area contributed by atoms with E-state index in [9.17, 15) is 10.0 Å². The first-order chi connectivity index (χ1) is 24.6. The summed E-state index contributed by atoms with van der Waals surface area (Å²) >= 11 is 0. The number of amides is 1. The summed E-state index contributed by atoms with van der Waals surface area (Å²) in [5.74, 6) is 0.108. The summed E-state index contributed by atoms with van der Waals surface area (Å²) in [5, 5.41) is 14.5. The first-order valence-electron chi connectivity index (χ1n) is 21.6. The second-order valence-corrected chi connectivity index (χ2v) is 17.2. The Morgan fingerprint density at radius 3 is 1.37 bits per heavy atom. The van der Waals surface area contributed by atoms with Gasteiger partial charge in [0.05, 0.1) is 0 Å². The molecule has 51 heavy (non-hydrogen) atoms. The normalized spacial score (nSPS) is 16.1. The molecule has 0 aliphatic carbocycles. The van der Waals surface area contributed by atoms with Crippen LogP contribution in [0, 0.1) is 0 Å². The SMILES string of the molecule is CCCCCCCCCCCCCCCCCCN(C(=O)c1ccc(-c2ccc(CCCCCCC)cc2)cc1)C1CC(C)(C)N([O])C(C)(C)C1.